The van der Waals surface area contributed by atoms with Crippen LogP contribution in [-0.2, 0) is 20.9 Å². The second kappa shape index (κ2) is 10.5. The topological polar surface area (TPSA) is 114 Å². The molecule has 0 bridgehead atoms. The summed E-state index contributed by atoms with van der Waals surface area (Å²) in [5.41, 5.74) is -0.235. The van der Waals surface area contributed by atoms with E-state index in [2.05, 4.69) is 4.98 Å². The number of hydrogen-bond donors (Lipinski definition) is 1. The molecule has 0 spiro atoms. The van der Waals surface area contributed by atoms with Crippen LogP contribution in [0.1, 0.15) is 38.5 Å². The quantitative estimate of drug-likeness (QED) is 0.666. The number of fused-ring (bicyclic) bond motifs is 1. The zero-order chi connectivity index (χ0) is 25.2. The highest BCUT2D eigenvalue weighted by atomic mass is 16.5. The Labute approximate surface area is 209 Å². The van der Waals surface area contributed by atoms with Crippen LogP contribution in [0.2, 0.25) is 0 Å². The Bertz CT molecular complexity index is 1230. The van der Waals surface area contributed by atoms with E-state index >= 15 is 0 Å². The molecule has 36 heavy (non-hydrogen) atoms. The zero-order valence-corrected chi connectivity index (χ0v) is 20.7. The van der Waals surface area contributed by atoms with Gasteiger partial charge in [0.15, 0.2) is 0 Å². The molecule has 3 heterocycles. The molecular weight excluding hydrogens is 464 g/mol. The molecule has 3 aliphatic rings. The van der Waals surface area contributed by atoms with Gasteiger partial charge in [-0.1, -0.05) is 0 Å². The van der Waals surface area contributed by atoms with Gasteiger partial charge in [0.25, 0.3) is 11.5 Å². The monoisotopic (exact) mass is 498 g/mol. The van der Waals surface area contributed by atoms with Gasteiger partial charge >= 0.3 is 5.69 Å². The maximum absolute atomic E-state index is 13.1. The van der Waals surface area contributed by atoms with Gasteiger partial charge in [-0.05, 0) is 62.6 Å². The number of ether oxygens (including phenoxy) is 2. The highest BCUT2D eigenvalue weighted by Crippen LogP contribution is 2.31. The molecule has 2 aliphatic heterocycles. The Balaban J connectivity index is 1.15. The van der Waals surface area contributed by atoms with E-state index in [1.165, 1.54) is 11.7 Å². The summed E-state index contributed by atoms with van der Waals surface area (Å²) in [5.74, 6) is 0.895. The van der Waals surface area contributed by atoms with Crippen LogP contribution in [0.5, 0.6) is 5.75 Å². The highest BCUT2D eigenvalue weighted by molar-refractivity contribution is 5.82. The lowest BCUT2D eigenvalue weighted by molar-refractivity contribution is -0.147. The number of piperazine rings is 1. The van der Waals surface area contributed by atoms with Crippen molar-refractivity contribution in [1.29, 1.82) is 0 Å². The van der Waals surface area contributed by atoms with Crippen LogP contribution in [0.3, 0.4) is 0 Å². The first-order valence-electron chi connectivity index (χ1n) is 12.9. The van der Waals surface area contributed by atoms with Gasteiger partial charge in [0.2, 0.25) is 5.91 Å². The first kappa shape index (κ1) is 24.5. The second-order valence-electron chi connectivity index (χ2n) is 10.1. The van der Waals surface area contributed by atoms with Crippen LogP contribution in [0.15, 0.2) is 27.8 Å². The fraction of sp³-hybridized carbons (Fsp3) is 0.615. The normalized spacial score (nSPS) is 24.8. The Morgan fingerprint density at radius 2 is 1.69 bits per heavy atom. The van der Waals surface area contributed by atoms with E-state index in [1.54, 1.807) is 18.2 Å². The van der Waals surface area contributed by atoms with Crippen molar-refractivity contribution in [2.45, 2.75) is 51.2 Å². The maximum Gasteiger partial charge on any atom is 0.328 e. The lowest BCUT2D eigenvalue weighted by Gasteiger charge is -2.38. The average Bonchev–Trinajstić information content (AvgIpc) is 3.46. The van der Waals surface area contributed by atoms with E-state index in [0.29, 0.717) is 56.0 Å². The molecule has 3 fully saturated rings. The van der Waals surface area contributed by atoms with Crippen LogP contribution in [-0.4, -0.2) is 77.2 Å². The molecule has 10 heteroatoms. The van der Waals surface area contributed by atoms with Crippen molar-refractivity contribution in [3.63, 3.8) is 0 Å². The standard InChI is InChI=1S/C26H34N4O6/c1-35-19-8-9-21-20(15-19)24(32)30(26(34)27-21)16-17-4-6-18(7-5-17)23(31)28-10-12-29(13-11-28)25(33)22-3-2-14-36-22/h8-9,15,17-18,22H,2-7,10-14,16H2,1H3,(H,27,34). The Kier molecular flexibility index (Phi) is 7.13. The number of aromatic nitrogens is 2. The molecule has 1 atom stereocenters. The van der Waals surface area contributed by atoms with Crippen molar-refractivity contribution in [3.05, 3.63) is 39.0 Å². The first-order valence-corrected chi connectivity index (χ1v) is 12.9. The molecule has 1 N–H and O–H groups in total. The van der Waals surface area contributed by atoms with Crippen LogP contribution in [0.4, 0.5) is 0 Å². The van der Waals surface area contributed by atoms with E-state index in [-0.39, 0.29) is 35.3 Å². The molecule has 2 amide bonds. The molecule has 0 radical (unpaired) electrons. The van der Waals surface area contributed by atoms with Crippen molar-refractivity contribution in [2.75, 3.05) is 39.9 Å². The zero-order valence-electron chi connectivity index (χ0n) is 20.7. The number of nitrogens with one attached hydrogen (secondary N) is 1. The summed E-state index contributed by atoms with van der Waals surface area (Å²) < 4.78 is 12.0. The van der Waals surface area contributed by atoms with Gasteiger partial charge < -0.3 is 24.3 Å². The Morgan fingerprint density at radius 3 is 2.33 bits per heavy atom. The molecule has 5 rings (SSSR count). The summed E-state index contributed by atoms with van der Waals surface area (Å²) in [6.07, 6.45) is 4.46. The largest absolute Gasteiger partial charge is 0.497 e. The SMILES string of the molecule is COc1ccc2[nH]c(=O)n(CC3CCC(C(=O)N4CCN(C(=O)C5CCCO5)CC4)CC3)c(=O)c2c1. The van der Waals surface area contributed by atoms with Crippen molar-refractivity contribution in [3.8, 4) is 5.75 Å². The fourth-order valence-corrected chi connectivity index (χ4v) is 5.75. The van der Waals surface area contributed by atoms with Gasteiger partial charge in [0.05, 0.1) is 18.0 Å². The molecule has 194 valence electrons. The first-order chi connectivity index (χ1) is 17.4. The number of benzene rings is 1. The molecule has 10 nitrogen and oxygen atoms in total. The van der Waals surface area contributed by atoms with Crippen molar-refractivity contribution in [1.82, 2.24) is 19.4 Å². The minimum absolute atomic E-state index is 0.0439. The summed E-state index contributed by atoms with van der Waals surface area (Å²) in [5, 5.41) is 0.426. The molecule has 1 aromatic carbocycles. The summed E-state index contributed by atoms with van der Waals surface area (Å²) >= 11 is 0. The van der Waals surface area contributed by atoms with Crippen LogP contribution >= 0.6 is 0 Å². The Morgan fingerprint density at radius 1 is 1.00 bits per heavy atom. The summed E-state index contributed by atoms with van der Waals surface area (Å²) in [7, 11) is 1.54. The van der Waals surface area contributed by atoms with Gasteiger partial charge in [-0.2, -0.15) is 0 Å². The average molecular weight is 499 g/mol. The number of methoxy groups -OCH3 is 1. The molecule has 2 saturated heterocycles. The molecule has 2 aromatic rings. The predicted molar refractivity (Wildman–Crippen MR) is 133 cm³/mol. The molecule has 1 unspecified atom stereocenters. The van der Waals surface area contributed by atoms with E-state index < -0.39 is 5.69 Å². The van der Waals surface area contributed by atoms with Crippen LogP contribution in [0, 0.1) is 11.8 Å². The lowest BCUT2D eigenvalue weighted by atomic mass is 9.81. The third-order valence-electron chi connectivity index (χ3n) is 7.93. The molecular formula is C26H34N4O6. The van der Waals surface area contributed by atoms with Crippen molar-refractivity contribution < 1.29 is 19.1 Å². The minimum Gasteiger partial charge on any atom is -0.497 e. The number of nitrogens with zero attached hydrogens (tertiary/aromatic N) is 3. The van der Waals surface area contributed by atoms with Crippen molar-refractivity contribution >= 4 is 22.7 Å². The van der Waals surface area contributed by atoms with Gasteiger partial charge in [0.1, 0.15) is 11.9 Å². The number of aromatic amines is 1. The summed E-state index contributed by atoms with van der Waals surface area (Å²) in [6, 6.07) is 5.03. The van der Waals surface area contributed by atoms with E-state index in [4.69, 9.17) is 9.47 Å². The fourth-order valence-electron chi connectivity index (χ4n) is 5.75. The summed E-state index contributed by atoms with van der Waals surface area (Å²) in [4.78, 5) is 57.8. The van der Waals surface area contributed by atoms with E-state index in [0.717, 1.165) is 38.5 Å². The molecule has 1 aliphatic carbocycles. The van der Waals surface area contributed by atoms with Gasteiger partial charge in [-0.25, -0.2) is 4.79 Å². The predicted octanol–water partition coefficient (Wildman–Crippen LogP) is 1.35. The molecule has 1 saturated carbocycles. The number of H-pyrrole nitrogens is 1. The minimum atomic E-state index is -0.411. The van der Waals surface area contributed by atoms with Gasteiger partial charge in [-0.15, -0.1) is 0 Å². The highest BCUT2D eigenvalue weighted by Gasteiger charge is 2.34. The third kappa shape index (κ3) is 4.91. The lowest BCUT2D eigenvalue weighted by Crippen LogP contribution is -2.54. The third-order valence-corrected chi connectivity index (χ3v) is 7.93. The maximum atomic E-state index is 13.1. The van der Waals surface area contributed by atoms with E-state index in [1.807, 2.05) is 9.80 Å². The number of amides is 2. The second-order valence-corrected chi connectivity index (χ2v) is 10.1. The van der Waals surface area contributed by atoms with Crippen LogP contribution in [0.25, 0.3) is 10.9 Å². The number of carbonyl (C=O) groups is 2. The Hall–Kier alpha value is -3.14. The van der Waals surface area contributed by atoms with Gasteiger partial charge in [-0.3, -0.25) is 19.0 Å². The summed E-state index contributed by atoms with van der Waals surface area (Å²) in [6.45, 7) is 3.21. The number of hydrogen-bond acceptors (Lipinski definition) is 6. The number of rotatable bonds is 5. The van der Waals surface area contributed by atoms with Crippen LogP contribution < -0.4 is 16.0 Å². The van der Waals surface area contributed by atoms with Gasteiger partial charge in [0, 0.05) is 45.2 Å². The van der Waals surface area contributed by atoms with Crippen molar-refractivity contribution in [2.24, 2.45) is 11.8 Å². The number of carbonyl (C=O) groups excluding carboxylic acids is 2. The smallest absolute Gasteiger partial charge is 0.328 e. The van der Waals surface area contributed by atoms with E-state index in [9.17, 15) is 19.2 Å². The molecule has 1 aromatic heterocycles.